The van der Waals surface area contributed by atoms with Gasteiger partial charge in [-0.05, 0) is 35.9 Å². The van der Waals surface area contributed by atoms with E-state index in [0.717, 1.165) is 38.5 Å². The highest BCUT2D eigenvalue weighted by Gasteiger charge is 2.21. The highest BCUT2D eigenvalue weighted by atomic mass is 35.5. The molecule has 1 aliphatic rings. The van der Waals surface area contributed by atoms with Crippen molar-refractivity contribution in [1.82, 2.24) is 10.2 Å². The zero-order valence-corrected chi connectivity index (χ0v) is 15.5. The molecule has 0 bridgehead atoms. The lowest BCUT2D eigenvalue weighted by Gasteiger charge is -2.12. The smallest absolute Gasteiger partial charge is 0.270 e. The van der Waals surface area contributed by atoms with Crippen molar-refractivity contribution in [3.8, 4) is 10.4 Å². The van der Waals surface area contributed by atoms with Crippen LogP contribution >= 0.6 is 34.7 Å². The van der Waals surface area contributed by atoms with Crippen molar-refractivity contribution in [2.24, 2.45) is 5.73 Å². The van der Waals surface area contributed by atoms with E-state index in [1.807, 2.05) is 42.1 Å². The van der Waals surface area contributed by atoms with Gasteiger partial charge in [-0.2, -0.15) is 11.8 Å². The maximum Gasteiger partial charge on any atom is 0.270 e. The van der Waals surface area contributed by atoms with Gasteiger partial charge in [0.15, 0.2) is 11.5 Å². The van der Waals surface area contributed by atoms with Gasteiger partial charge in [0.05, 0.1) is 4.70 Å². The third-order valence-electron chi connectivity index (χ3n) is 4.08. The predicted molar refractivity (Wildman–Crippen MR) is 106 cm³/mol. The fraction of sp³-hybridized carbons (Fsp3) is 0.235. The lowest BCUT2D eigenvalue weighted by Crippen LogP contribution is -2.20. The Labute approximate surface area is 158 Å². The molecule has 0 radical (unpaired) electrons. The fourth-order valence-corrected chi connectivity index (χ4v) is 5.24. The molecule has 25 heavy (non-hydrogen) atoms. The summed E-state index contributed by atoms with van der Waals surface area (Å²) in [4.78, 5) is 12.8. The van der Waals surface area contributed by atoms with Crippen molar-refractivity contribution in [3.05, 3.63) is 41.0 Å². The Morgan fingerprint density at radius 1 is 1.28 bits per heavy atom. The van der Waals surface area contributed by atoms with Crippen LogP contribution in [0.3, 0.4) is 0 Å². The highest BCUT2D eigenvalue weighted by Crippen LogP contribution is 2.38. The number of nitrogens with one attached hydrogen (secondary N) is 1. The van der Waals surface area contributed by atoms with Crippen molar-refractivity contribution in [1.29, 1.82) is 0 Å². The minimum atomic E-state index is -0.565. The fourth-order valence-electron chi connectivity index (χ4n) is 2.81. The number of thioether (sulfide) groups is 1. The van der Waals surface area contributed by atoms with E-state index in [0.29, 0.717) is 16.9 Å². The van der Waals surface area contributed by atoms with Crippen LogP contribution in [-0.4, -0.2) is 33.7 Å². The maximum atomic E-state index is 11.7. The number of nitrogens with zero attached hydrogens (tertiary/aromatic N) is 2. The maximum absolute atomic E-state index is 11.7. The van der Waals surface area contributed by atoms with E-state index >= 15 is 0 Å². The van der Waals surface area contributed by atoms with E-state index in [-0.39, 0.29) is 5.69 Å². The van der Waals surface area contributed by atoms with Gasteiger partial charge in [-0.3, -0.25) is 4.79 Å². The molecular formula is C17H15ClN4OS2. The summed E-state index contributed by atoms with van der Waals surface area (Å²) < 4.78 is 0.764. The molecule has 0 aliphatic carbocycles. The molecule has 0 saturated carbocycles. The lowest BCUT2D eigenvalue weighted by molar-refractivity contribution is 0.0996. The van der Waals surface area contributed by atoms with Crippen LogP contribution < -0.4 is 11.1 Å². The Morgan fingerprint density at radius 3 is 2.76 bits per heavy atom. The molecule has 2 aromatic heterocycles. The minimum absolute atomic E-state index is 0.214. The van der Waals surface area contributed by atoms with Crippen molar-refractivity contribution in [2.75, 3.05) is 16.8 Å². The Bertz CT molecular complexity index is 936. The van der Waals surface area contributed by atoms with E-state index in [2.05, 4.69) is 15.5 Å². The number of rotatable bonds is 4. The zero-order chi connectivity index (χ0) is 17.4. The Kier molecular flexibility index (Phi) is 4.54. The summed E-state index contributed by atoms with van der Waals surface area (Å²) in [7, 11) is 0. The number of halogens is 1. The molecule has 1 aromatic carbocycles. The molecule has 1 aliphatic heterocycles. The Balaban J connectivity index is 1.82. The third-order valence-corrected chi connectivity index (χ3v) is 6.69. The number of thiophene rings is 1. The van der Waals surface area contributed by atoms with Gasteiger partial charge in [-0.1, -0.05) is 23.7 Å². The Morgan fingerprint density at radius 2 is 2.08 bits per heavy atom. The lowest BCUT2D eigenvalue weighted by atomic mass is 10.1. The first-order valence-corrected chi connectivity index (χ1v) is 10.2. The van der Waals surface area contributed by atoms with Gasteiger partial charge in [-0.25, -0.2) is 0 Å². The molecule has 8 heteroatoms. The molecule has 0 spiro atoms. The number of benzene rings is 1. The molecule has 1 amide bonds. The number of primary amides is 1. The number of aromatic nitrogens is 2. The number of carbonyl (C=O) groups is 1. The molecule has 1 atom stereocenters. The van der Waals surface area contributed by atoms with E-state index in [1.54, 1.807) is 0 Å². The number of nitrogens with two attached hydrogens (primary N) is 1. The first-order chi connectivity index (χ1) is 12.1. The first-order valence-electron chi connectivity index (χ1n) is 7.82. The second-order valence-electron chi connectivity index (χ2n) is 5.83. The highest BCUT2D eigenvalue weighted by molar-refractivity contribution is 7.99. The number of amides is 1. The van der Waals surface area contributed by atoms with Crippen molar-refractivity contribution >= 4 is 56.5 Å². The summed E-state index contributed by atoms with van der Waals surface area (Å²) in [6.07, 6.45) is 1.10. The van der Waals surface area contributed by atoms with E-state index in [9.17, 15) is 4.79 Å². The van der Waals surface area contributed by atoms with Crippen LogP contribution in [0, 0.1) is 0 Å². The van der Waals surface area contributed by atoms with E-state index in [1.165, 1.54) is 11.3 Å². The molecule has 4 rings (SSSR count). The van der Waals surface area contributed by atoms with Gasteiger partial charge >= 0.3 is 0 Å². The van der Waals surface area contributed by atoms with Crippen LogP contribution in [0.15, 0.2) is 30.3 Å². The van der Waals surface area contributed by atoms with Gasteiger partial charge < -0.3 is 11.1 Å². The average Bonchev–Trinajstić information content (AvgIpc) is 3.25. The second-order valence-corrected chi connectivity index (χ2v) is 8.47. The van der Waals surface area contributed by atoms with Gasteiger partial charge in [0.2, 0.25) is 0 Å². The molecule has 1 fully saturated rings. The van der Waals surface area contributed by atoms with E-state index < -0.39 is 5.91 Å². The summed E-state index contributed by atoms with van der Waals surface area (Å²) in [5.74, 6) is 2.34. The normalized spacial score (nSPS) is 17.1. The van der Waals surface area contributed by atoms with Crippen LogP contribution in [0.2, 0.25) is 5.02 Å². The summed E-state index contributed by atoms with van der Waals surface area (Å²) >= 11 is 9.39. The van der Waals surface area contributed by atoms with Crippen LogP contribution in [0.1, 0.15) is 16.9 Å². The van der Waals surface area contributed by atoms with Gasteiger partial charge in [-0.15, -0.1) is 21.5 Å². The number of hydrogen-bond acceptors (Lipinski definition) is 6. The van der Waals surface area contributed by atoms with Gasteiger partial charge in [0, 0.05) is 27.1 Å². The van der Waals surface area contributed by atoms with Crippen LogP contribution in [0.4, 0.5) is 5.82 Å². The van der Waals surface area contributed by atoms with E-state index in [4.69, 9.17) is 17.3 Å². The molecule has 3 N–H and O–H groups in total. The zero-order valence-electron chi connectivity index (χ0n) is 13.2. The molecule has 5 nitrogen and oxygen atoms in total. The largest absolute Gasteiger partial charge is 0.364 e. The number of hydrogen-bond donors (Lipinski definition) is 2. The van der Waals surface area contributed by atoms with Gasteiger partial charge in [0.1, 0.15) is 0 Å². The van der Waals surface area contributed by atoms with Crippen LogP contribution in [0.25, 0.3) is 20.5 Å². The van der Waals surface area contributed by atoms with Crippen molar-refractivity contribution in [2.45, 2.75) is 12.5 Å². The van der Waals surface area contributed by atoms with Crippen LogP contribution in [0.5, 0.6) is 0 Å². The quantitative estimate of drug-likeness (QED) is 0.702. The van der Waals surface area contributed by atoms with Gasteiger partial charge in [0.25, 0.3) is 5.91 Å². The van der Waals surface area contributed by atoms with Crippen molar-refractivity contribution in [3.63, 3.8) is 0 Å². The second kappa shape index (κ2) is 6.82. The molecule has 3 aromatic rings. The number of carbonyl (C=O) groups excluding carboxylic acids is 1. The average molecular weight is 391 g/mol. The first kappa shape index (κ1) is 16.6. The summed E-state index contributed by atoms with van der Waals surface area (Å²) in [6.45, 7) is 0. The monoisotopic (exact) mass is 390 g/mol. The van der Waals surface area contributed by atoms with Crippen LogP contribution in [-0.2, 0) is 0 Å². The number of anilines is 1. The minimum Gasteiger partial charge on any atom is -0.364 e. The predicted octanol–water partition coefficient (Wildman–Crippen LogP) is 4.03. The molecule has 1 unspecified atom stereocenters. The Hall–Kier alpha value is -1.83. The third kappa shape index (κ3) is 3.31. The standard InChI is InChI=1S/C17H15ClN4OS2/c18-10-3-1-9(2-4-10)13-7-12-15(25-13)14(16(19)23)21-22-17(12)20-11-5-6-24-8-11/h1-4,7,11H,5-6,8H2,(H2,19,23)(H,20,22). The summed E-state index contributed by atoms with van der Waals surface area (Å²) in [6, 6.07) is 10.0. The molecule has 128 valence electrons. The molecule has 1 saturated heterocycles. The topological polar surface area (TPSA) is 80.9 Å². The number of fused-ring (bicyclic) bond motifs is 1. The van der Waals surface area contributed by atoms with Crippen molar-refractivity contribution < 1.29 is 4.79 Å². The summed E-state index contributed by atoms with van der Waals surface area (Å²) in [5, 5.41) is 13.3. The SMILES string of the molecule is NC(=O)c1nnc(NC2CCSC2)c2cc(-c3ccc(Cl)cc3)sc12. The summed E-state index contributed by atoms with van der Waals surface area (Å²) in [5.41, 5.74) is 6.73. The molecular weight excluding hydrogens is 376 g/mol. The molecule has 3 heterocycles.